The van der Waals surface area contributed by atoms with Crippen molar-refractivity contribution in [1.82, 2.24) is 0 Å². The molecular formula is C12H12F. The molecule has 0 fully saturated rings. The fraction of sp³-hybridized carbons (Fsp3) is 0.0833. The smallest absolute Gasteiger partial charge is 0.134 e. The average molecular weight is 175 g/mol. The van der Waals surface area contributed by atoms with Crippen LogP contribution in [0.3, 0.4) is 0 Å². The molecule has 0 aromatic heterocycles. The Morgan fingerprint density at radius 1 is 1.38 bits per heavy atom. The molecule has 0 unspecified atom stereocenters. The van der Waals surface area contributed by atoms with Crippen molar-refractivity contribution in [2.45, 2.75) is 6.92 Å². The SMILES string of the molecule is C=C[C](C)c1cccc(C=C)c1F. The maximum atomic E-state index is 13.6. The number of rotatable bonds is 3. The Morgan fingerprint density at radius 3 is 2.62 bits per heavy atom. The van der Waals surface area contributed by atoms with Crippen LogP contribution < -0.4 is 0 Å². The van der Waals surface area contributed by atoms with Crippen LogP contribution >= 0.6 is 0 Å². The van der Waals surface area contributed by atoms with Crippen LogP contribution in [-0.4, -0.2) is 0 Å². The van der Waals surface area contributed by atoms with Crippen LogP contribution in [0.2, 0.25) is 0 Å². The van der Waals surface area contributed by atoms with Gasteiger partial charge in [0.2, 0.25) is 0 Å². The third-order valence-electron chi connectivity index (χ3n) is 1.98. The van der Waals surface area contributed by atoms with Gasteiger partial charge in [-0.2, -0.15) is 0 Å². The highest BCUT2D eigenvalue weighted by atomic mass is 19.1. The lowest BCUT2D eigenvalue weighted by Crippen LogP contribution is -1.96. The second-order valence-corrected chi connectivity index (χ2v) is 2.80. The third-order valence-corrected chi connectivity index (χ3v) is 1.98. The van der Waals surface area contributed by atoms with Gasteiger partial charge in [0.05, 0.1) is 0 Å². The zero-order valence-electron chi connectivity index (χ0n) is 7.68. The van der Waals surface area contributed by atoms with E-state index < -0.39 is 0 Å². The van der Waals surface area contributed by atoms with Gasteiger partial charge in [-0.05, 0) is 5.56 Å². The summed E-state index contributed by atoms with van der Waals surface area (Å²) in [6, 6.07) is 5.24. The second kappa shape index (κ2) is 4.04. The highest BCUT2D eigenvalue weighted by Gasteiger charge is 2.09. The second-order valence-electron chi connectivity index (χ2n) is 2.80. The van der Waals surface area contributed by atoms with Gasteiger partial charge in [0.15, 0.2) is 0 Å². The van der Waals surface area contributed by atoms with Crippen LogP contribution in [0.25, 0.3) is 6.08 Å². The summed E-state index contributed by atoms with van der Waals surface area (Å²) in [6.07, 6.45) is 3.15. The molecule has 0 heterocycles. The van der Waals surface area contributed by atoms with Crippen LogP contribution in [-0.2, 0) is 0 Å². The molecule has 0 N–H and O–H groups in total. The lowest BCUT2D eigenvalue weighted by atomic mass is 9.98. The molecule has 13 heavy (non-hydrogen) atoms. The van der Waals surface area contributed by atoms with E-state index in [0.717, 1.165) is 5.92 Å². The third kappa shape index (κ3) is 1.86. The van der Waals surface area contributed by atoms with Crippen molar-refractivity contribution in [2.24, 2.45) is 0 Å². The van der Waals surface area contributed by atoms with Gasteiger partial charge in [-0.3, -0.25) is 0 Å². The van der Waals surface area contributed by atoms with Gasteiger partial charge in [0, 0.05) is 11.5 Å². The summed E-state index contributed by atoms with van der Waals surface area (Å²) in [7, 11) is 0. The summed E-state index contributed by atoms with van der Waals surface area (Å²) in [5.74, 6) is 0.608. The lowest BCUT2D eigenvalue weighted by Gasteiger charge is -2.08. The molecule has 0 aliphatic rings. The molecule has 0 aliphatic heterocycles. The van der Waals surface area contributed by atoms with Crippen molar-refractivity contribution in [2.75, 3.05) is 0 Å². The molecule has 0 amide bonds. The Morgan fingerprint density at radius 2 is 2.08 bits per heavy atom. The molecule has 1 aromatic carbocycles. The quantitative estimate of drug-likeness (QED) is 0.658. The summed E-state index contributed by atoms with van der Waals surface area (Å²) in [4.78, 5) is 0. The van der Waals surface area contributed by atoms with Crippen molar-refractivity contribution < 1.29 is 4.39 Å². The van der Waals surface area contributed by atoms with Gasteiger partial charge in [-0.25, -0.2) is 4.39 Å². The van der Waals surface area contributed by atoms with Crippen LogP contribution in [0.5, 0.6) is 0 Å². The first kappa shape index (κ1) is 9.72. The van der Waals surface area contributed by atoms with Crippen molar-refractivity contribution in [3.63, 3.8) is 0 Å². The minimum Gasteiger partial charge on any atom is -0.206 e. The van der Waals surface area contributed by atoms with E-state index in [-0.39, 0.29) is 5.82 Å². The molecular weight excluding hydrogens is 163 g/mol. The number of benzene rings is 1. The predicted octanol–water partition coefficient (Wildman–Crippen LogP) is 3.60. The Balaban J connectivity index is 3.22. The summed E-state index contributed by atoms with van der Waals surface area (Å²) < 4.78 is 13.6. The molecule has 0 atom stereocenters. The number of hydrogen-bond acceptors (Lipinski definition) is 0. The molecule has 0 saturated heterocycles. The van der Waals surface area contributed by atoms with Crippen molar-refractivity contribution in [3.8, 4) is 0 Å². The van der Waals surface area contributed by atoms with E-state index in [1.165, 1.54) is 6.08 Å². The van der Waals surface area contributed by atoms with Gasteiger partial charge in [-0.1, -0.05) is 43.9 Å². The first-order valence-electron chi connectivity index (χ1n) is 4.08. The Kier molecular flexibility index (Phi) is 3.02. The molecule has 67 valence electrons. The minimum absolute atomic E-state index is 0.227. The number of allylic oxidation sites excluding steroid dienone is 1. The first-order valence-corrected chi connectivity index (χ1v) is 4.08. The first-order chi connectivity index (χ1) is 6.20. The molecule has 0 nitrogen and oxygen atoms in total. The topological polar surface area (TPSA) is 0 Å². The van der Waals surface area contributed by atoms with E-state index in [1.807, 2.05) is 13.0 Å². The standard InChI is InChI=1S/C12H12F/c1-4-9(3)11-8-6-7-10(5-2)12(11)13/h4-8H,1-2H2,3H3. The molecule has 1 heteroatoms. The summed E-state index contributed by atoms with van der Waals surface area (Å²) in [5.41, 5.74) is 1.12. The maximum absolute atomic E-state index is 13.6. The highest BCUT2D eigenvalue weighted by molar-refractivity contribution is 5.52. The Labute approximate surface area is 78.4 Å². The van der Waals surface area contributed by atoms with Crippen LogP contribution in [0, 0.1) is 11.7 Å². The van der Waals surface area contributed by atoms with Gasteiger partial charge in [-0.15, -0.1) is 6.58 Å². The summed E-state index contributed by atoms with van der Waals surface area (Å²) in [5, 5.41) is 0. The fourth-order valence-electron chi connectivity index (χ4n) is 1.12. The zero-order chi connectivity index (χ0) is 9.84. The molecule has 0 aliphatic carbocycles. The number of halogens is 1. The lowest BCUT2D eigenvalue weighted by molar-refractivity contribution is 0.615. The minimum atomic E-state index is -0.227. The average Bonchev–Trinajstić information content (AvgIpc) is 2.17. The van der Waals surface area contributed by atoms with Crippen LogP contribution in [0.1, 0.15) is 18.1 Å². The molecule has 0 spiro atoms. The predicted molar refractivity (Wildman–Crippen MR) is 54.7 cm³/mol. The maximum Gasteiger partial charge on any atom is 0.134 e. The van der Waals surface area contributed by atoms with Crippen LogP contribution in [0.15, 0.2) is 37.4 Å². The van der Waals surface area contributed by atoms with E-state index in [4.69, 9.17) is 0 Å². The van der Waals surface area contributed by atoms with E-state index in [0.29, 0.717) is 11.1 Å². The van der Waals surface area contributed by atoms with Crippen molar-refractivity contribution in [1.29, 1.82) is 0 Å². The molecule has 1 aromatic rings. The van der Waals surface area contributed by atoms with Gasteiger partial charge < -0.3 is 0 Å². The van der Waals surface area contributed by atoms with E-state index in [1.54, 1.807) is 18.2 Å². The number of hydrogen-bond donors (Lipinski definition) is 0. The van der Waals surface area contributed by atoms with E-state index in [9.17, 15) is 4.39 Å². The Bertz CT molecular complexity index is 326. The fourth-order valence-corrected chi connectivity index (χ4v) is 1.12. The highest BCUT2D eigenvalue weighted by Crippen LogP contribution is 2.21. The largest absolute Gasteiger partial charge is 0.206 e. The van der Waals surface area contributed by atoms with Crippen LogP contribution in [0.4, 0.5) is 4.39 Å². The van der Waals surface area contributed by atoms with Gasteiger partial charge in [0.25, 0.3) is 0 Å². The summed E-state index contributed by atoms with van der Waals surface area (Å²) >= 11 is 0. The normalized spacial score (nSPS) is 10.1. The van der Waals surface area contributed by atoms with Gasteiger partial charge >= 0.3 is 0 Å². The zero-order valence-corrected chi connectivity index (χ0v) is 7.68. The molecule has 0 saturated carbocycles. The molecule has 0 bridgehead atoms. The molecule has 1 radical (unpaired) electrons. The Hall–Kier alpha value is -1.37. The van der Waals surface area contributed by atoms with Crippen molar-refractivity contribution in [3.05, 3.63) is 60.3 Å². The molecule has 1 rings (SSSR count). The van der Waals surface area contributed by atoms with Gasteiger partial charge in [0.1, 0.15) is 5.82 Å². The van der Waals surface area contributed by atoms with E-state index in [2.05, 4.69) is 13.2 Å². The monoisotopic (exact) mass is 175 g/mol. The van der Waals surface area contributed by atoms with Crippen molar-refractivity contribution >= 4 is 6.08 Å². The summed E-state index contributed by atoms with van der Waals surface area (Å²) in [6.45, 7) is 8.98. The van der Waals surface area contributed by atoms with E-state index >= 15 is 0 Å².